The number of ether oxygens (including phenoxy) is 3. The van der Waals surface area contributed by atoms with E-state index in [2.05, 4.69) is 20.3 Å². The molecular weight excluding hydrogens is 507 g/mol. The summed E-state index contributed by atoms with van der Waals surface area (Å²) >= 11 is 5.99. The van der Waals surface area contributed by atoms with Crippen LogP contribution in [0.4, 0.5) is 13.2 Å². The molecule has 1 saturated carbocycles. The first-order valence-corrected chi connectivity index (χ1v) is 12.2. The number of aromatic nitrogens is 2. The zero-order chi connectivity index (χ0) is 25.3. The fourth-order valence-corrected chi connectivity index (χ4v) is 5.74. The van der Waals surface area contributed by atoms with Gasteiger partial charge in [0.05, 0.1) is 12.2 Å². The predicted octanol–water partition coefficient (Wildman–Crippen LogP) is 4.00. The smallest absolute Gasteiger partial charge is 0.480 e. The highest BCUT2D eigenvalue weighted by atomic mass is 35.5. The number of halogens is 4. The third-order valence-corrected chi connectivity index (χ3v) is 7.75. The van der Waals surface area contributed by atoms with Crippen LogP contribution in [0.15, 0.2) is 22.6 Å². The lowest BCUT2D eigenvalue weighted by molar-refractivity contribution is -0.352. The van der Waals surface area contributed by atoms with Crippen LogP contribution in [-0.4, -0.2) is 45.5 Å². The third kappa shape index (κ3) is 4.23. The Morgan fingerprint density at radius 1 is 1.17 bits per heavy atom. The summed E-state index contributed by atoms with van der Waals surface area (Å²) in [5, 5.41) is 22.1. The SMILES string of the molecule is O=C(NC12CCC(c3nnc(C4CC(OC(F)(F)F)C4)o3)(CC1)O2)[C@H]1C[C@@H](O)c2cc(Cl)ccc2O1. The van der Waals surface area contributed by atoms with Crippen molar-refractivity contribution < 1.29 is 41.7 Å². The standard InChI is InChI=1S/C23H23ClF3N3O6/c24-12-1-2-16-14(9-12)15(31)10-17(33-16)18(32)28-22-5-3-21(36-22,4-6-22)20-30-29-19(34-20)11-7-13(8-11)35-23(25,26)27/h1-2,9,11,13,15,17,31H,3-8,10H2,(H,28,32)/t11?,13?,15-,17-,21?,22?/m1/s1. The summed E-state index contributed by atoms with van der Waals surface area (Å²) in [7, 11) is 0. The maximum absolute atomic E-state index is 13.1. The lowest BCUT2D eigenvalue weighted by atomic mass is 9.82. The summed E-state index contributed by atoms with van der Waals surface area (Å²) in [6.45, 7) is 0. The van der Waals surface area contributed by atoms with E-state index in [0.29, 0.717) is 42.0 Å². The van der Waals surface area contributed by atoms with Crippen molar-refractivity contribution in [2.45, 2.75) is 86.9 Å². The topological polar surface area (TPSA) is 116 Å². The quantitative estimate of drug-likeness (QED) is 0.597. The van der Waals surface area contributed by atoms with Gasteiger partial charge in [-0.1, -0.05) is 11.6 Å². The number of aliphatic hydroxyl groups excluding tert-OH is 1. The minimum absolute atomic E-state index is 0.0772. The maximum atomic E-state index is 13.1. The number of hydrogen-bond donors (Lipinski definition) is 2. The molecule has 2 aromatic rings. The van der Waals surface area contributed by atoms with Crippen LogP contribution in [0, 0.1) is 0 Å². The molecule has 1 aromatic carbocycles. The van der Waals surface area contributed by atoms with Crippen molar-refractivity contribution in [1.29, 1.82) is 0 Å². The average Bonchev–Trinajstić information content (AvgIpc) is 3.50. The van der Waals surface area contributed by atoms with Crippen molar-refractivity contribution in [2.75, 3.05) is 0 Å². The Morgan fingerprint density at radius 3 is 2.64 bits per heavy atom. The van der Waals surface area contributed by atoms with Gasteiger partial charge in [0.25, 0.3) is 5.91 Å². The number of amides is 1. The van der Waals surface area contributed by atoms with E-state index < -0.39 is 41.9 Å². The Labute approximate surface area is 208 Å². The third-order valence-electron chi connectivity index (χ3n) is 7.51. The summed E-state index contributed by atoms with van der Waals surface area (Å²) in [5.41, 5.74) is -1.25. The van der Waals surface area contributed by atoms with Crippen LogP contribution in [0.1, 0.15) is 74.3 Å². The van der Waals surface area contributed by atoms with Gasteiger partial charge in [0.1, 0.15) is 17.1 Å². The molecule has 3 fully saturated rings. The second kappa shape index (κ2) is 8.30. The van der Waals surface area contributed by atoms with E-state index in [1.54, 1.807) is 18.2 Å². The Morgan fingerprint density at radius 2 is 1.92 bits per heavy atom. The number of nitrogens with one attached hydrogen (secondary N) is 1. The van der Waals surface area contributed by atoms with E-state index in [0.717, 1.165) is 0 Å². The molecule has 2 N–H and O–H groups in total. The van der Waals surface area contributed by atoms with Crippen molar-refractivity contribution >= 4 is 17.5 Å². The number of carbonyl (C=O) groups excluding carboxylic acids is 1. The normalized spacial score (nSPS) is 35.1. The summed E-state index contributed by atoms with van der Waals surface area (Å²) in [4.78, 5) is 13.1. The van der Waals surface area contributed by atoms with E-state index in [-0.39, 0.29) is 37.0 Å². The van der Waals surface area contributed by atoms with Crippen molar-refractivity contribution in [2.24, 2.45) is 0 Å². The van der Waals surface area contributed by atoms with E-state index in [4.69, 9.17) is 25.5 Å². The van der Waals surface area contributed by atoms with Gasteiger partial charge in [-0.3, -0.25) is 9.53 Å². The van der Waals surface area contributed by atoms with Crippen LogP contribution in [0.2, 0.25) is 5.02 Å². The number of alkyl halides is 3. The van der Waals surface area contributed by atoms with Crippen molar-refractivity contribution in [1.82, 2.24) is 15.5 Å². The Balaban J connectivity index is 1.09. The molecule has 0 unspecified atom stereocenters. The monoisotopic (exact) mass is 529 g/mol. The molecule has 2 saturated heterocycles. The van der Waals surface area contributed by atoms with Gasteiger partial charge in [-0.25, -0.2) is 0 Å². The number of hydrogen-bond acceptors (Lipinski definition) is 8. The fraction of sp³-hybridized carbons (Fsp3) is 0.609. The largest absolute Gasteiger partial charge is 0.522 e. The number of rotatable bonds is 5. The molecule has 1 aromatic heterocycles. The first-order chi connectivity index (χ1) is 17.0. The molecule has 1 amide bonds. The van der Waals surface area contributed by atoms with Gasteiger partial charge in [-0.05, 0) is 56.7 Å². The van der Waals surface area contributed by atoms with E-state index >= 15 is 0 Å². The van der Waals surface area contributed by atoms with E-state index in [1.165, 1.54) is 0 Å². The van der Waals surface area contributed by atoms with Gasteiger partial charge in [-0.15, -0.1) is 23.4 Å². The van der Waals surface area contributed by atoms with Crippen LogP contribution < -0.4 is 10.1 Å². The number of carbonyl (C=O) groups is 1. The van der Waals surface area contributed by atoms with Crippen LogP contribution in [0.5, 0.6) is 5.75 Å². The molecule has 13 heteroatoms. The highest BCUT2D eigenvalue weighted by Crippen LogP contribution is 2.55. The second-order valence-electron chi connectivity index (χ2n) is 9.92. The van der Waals surface area contributed by atoms with Crippen LogP contribution >= 0.6 is 11.6 Å². The lowest BCUT2D eigenvalue weighted by Crippen LogP contribution is -2.52. The zero-order valence-electron chi connectivity index (χ0n) is 18.9. The number of aliphatic hydroxyl groups is 1. The molecule has 1 aliphatic carbocycles. The molecular formula is C23H23ClF3N3O6. The second-order valence-corrected chi connectivity index (χ2v) is 10.4. The minimum Gasteiger partial charge on any atom is -0.480 e. The number of fused-ring (bicyclic) bond motifs is 3. The molecule has 4 heterocycles. The van der Waals surface area contributed by atoms with E-state index in [1.807, 2.05) is 0 Å². The fourth-order valence-electron chi connectivity index (χ4n) is 5.56. The number of nitrogens with zero attached hydrogens (tertiary/aromatic N) is 2. The molecule has 2 atom stereocenters. The van der Waals surface area contributed by atoms with Gasteiger partial charge >= 0.3 is 6.36 Å². The first-order valence-electron chi connectivity index (χ1n) is 11.8. The zero-order valence-corrected chi connectivity index (χ0v) is 19.6. The van der Waals surface area contributed by atoms with Crippen LogP contribution in [0.25, 0.3) is 0 Å². The van der Waals surface area contributed by atoms with Crippen molar-refractivity contribution in [3.63, 3.8) is 0 Å². The van der Waals surface area contributed by atoms with Crippen molar-refractivity contribution in [3.05, 3.63) is 40.6 Å². The molecule has 0 spiro atoms. The van der Waals surface area contributed by atoms with Gasteiger partial charge < -0.3 is 24.3 Å². The molecule has 36 heavy (non-hydrogen) atoms. The highest BCUT2D eigenvalue weighted by molar-refractivity contribution is 6.30. The predicted molar refractivity (Wildman–Crippen MR) is 115 cm³/mol. The molecule has 6 rings (SSSR count). The summed E-state index contributed by atoms with van der Waals surface area (Å²) in [5.74, 6) is 0.239. The Hall–Kier alpha value is -2.41. The molecule has 3 aliphatic heterocycles. The first kappa shape index (κ1) is 24.0. The Kier molecular flexibility index (Phi) is 5.52. The summed E-state index contributed by atoms with van der Waals surface area (Å²) in [6.07, 6.45) is -4.88. The number of benzene rings is 1. The van der Waals surface area contributed by atoms with Gasteiger partial charge in [0, 0.05) is 22.9 Å². The molecule has 194 valence electrons. The maximum Gasteiger partial charge on any atom is 0.522 e. The van der Waals surface area contributed by atoms with Crippen LogP contribution in [0.3, 0.4) is 0 Å². The molecule has 4 aliphatic rings. The summed E-state index contributed by atoms with van der Waals surface area (Å²) in [6, 6.07) is 4.87. The molecule has 9 nitrogen and oxygen atoms in total. The molecule has 2 bridgehead atoms. The van der Waals surface area contributed by atoms with E-state index in [9.17, 15) is 23.1 Å². The highest BCUT2D eigenvalue weighted by Gasteiger charge is 2.60. The van der Waals surface area contributed by atoms with Gasteiger partial charge in [-0.2, -0.15) is 0 Å². The Bertz CT molecular complexity index is 1180. The lowest BCUT2D eigenvalue weighted by Gasteiger charge is -2.33. The summed E-state index contributed by atoms with van der Waals surface area (Å²) < 4.78 is 59.1. The van der Waals surface area contributed by atoms with Crippen molar-refractivity contribution in [3.8, 4) is 5.75 Å². The van der Waals surface area contributed by atoms with Gasteiger partial charge in [0.15, 0.2) is 6.10 Å². The van der Waals surface area contributed by atoms with Gasteiger partial charge in [0.2, 0.25) is 11.8 Å². The molecule has 0 radical (unpaired) electrons. The van der Waals surface area contributed by atoms with Crippen LogP contribution in [-0.2, 0) is 19.9 Å². The average molecular weight is 530 g/mol. The minimum atomic E-state index is -4.66.